The van der Waals surface area contributed by atoms with Gasteiger partial charge >= 0.3 is 5.97 Å². The van der Waals surface area contributed by atoms with Crippen molar-refractivity contribution in [2.75, 3.05) is 31.6 Å². The molecule has 8 heteroatoms. The van der Waals surface area contributed by atoms with Crippen molar-refractivity contribution in [2.24, 2.45) is 0 Å². The van der Waals surface area contributed by atoms with Crippen LogP contribution in [-0.2, 0) is 16.1 Å². The van der Waals surface area contributed by atoms with E-state index in [2.05, 4.69) is 38.9 Å². The number of carboxylic acid groups (broad SMARTS) is 1. The molecule has 2 unspecified atom stereocenters. The Kier molecular flexibility index (Phi) is 6.03. The summed E-state index contributed by atoms with van der Waals surface area (Å²) < 4.78 is 6.42. The fourth-order valence-corrected chi connectivity index (χ4v) is 5.30. The Morgan fingerprint density at radius 3 is 2.66 bits per heavy atom. The molecule has 1 spiro atoms. The summed E-state index contributed by atoms with van der Waals surface area (Å²) in [5, 5.41) is 11.4. The molecule has 0 aliphatic carbocycles. The average molecular weight is 404 g/mol. The van der Waals surface area contributed by atoms with Crippen molar-refractivity contribution in [2.45, 2.75) is 76.2 Å². The normalized spacial score (nSPS) is 31.1. The summed E-state index contributed by atoms with van der Waals surface area (Å²) in [6.07, 6.45) is 9.49. The highest BCUT2D eigenvalue weighted by Gasteiger charge is 2.50. The molecule has 29 heavy (non-hydrogen) atoms. The Bertz CT molecular complexity index is 699. The molecule has 0 amide bonds. The van der Waals surface area contributed by atoms with Crippen molar-refractivity contribution in [3.8, 4) is 0 Å². The first-order chi connectivity index (χ1) is 14.0. The van der Waals surface area contributed by atoms with Crippen LogP contribution in [0.25, 0.3) is 0 Å². The lowest BCUT2D eigenvalue weighted by Gasteiger charge is -2.51. The highest BCUT2D eigenvalue weighted by atomic mass is 16.5. The third-order valence-electron chi connectivity index (χ3n) is 6.95. The molecule has 3 fully saturated rings. The van der Waals surface area contributed by atoms with Crippen LogP contribution in [0.15, 0.2) is 12.4 Å². The summed E-state index contributed by atoms with van der Waals surface area (Å²) >= 11 is 0. The number of nitrogens with one attached hydrogen (secondary N) is 1. The van der Waals surface area contributed by atoms with Crippen molar-refractivity contribution in [3.05, 3.63) is 18.0 Å². The smallest absolute Gasteiger partial charge is 0.322 e. The zero-order valence-electron chi connectivity index (χ0n) is 17.5. The van der Waals surface area contributed by atoms with Crippen LogP contribution < -0.4 is 5.32 Å². The van der Waals surface area contributed by atoms with Crippen LogP contribution >= 0.6 is 0 Å². The molecule has 3 saturated heterocycles. The first-order valence-corrected chi connectivity index (χ1v) is 10.9. The van der Waals surface area contributed by atoms with E-state index in [4.69, 9.17) is 9.84 Å². The van der Waals surface area contributed by atoms with Gasteiger partial charge in [-0.3, -0.25) is 14.6 Å². The first kappa shape index (κ1) is 20.5. The van der Waals surface area contributed by atoms with Crippen LogP contribution in [0, 0.1) is 0 Å². The average Bonchev–Trinajstić information content (AvgIpc) is 2.96. The van der Waals surface area contributed by atoms with Gasteiger partial charge in [-0.05, 0) is 39.0 Å². The van der Waals surface area contributed by atoms with Crippen LogP contribution in [0.1, 0.15) is 51.5 Å². The van der Waals surface area contributed by atoms with Gasteiger partial charge in [0.15, 0.2) is 0 Å². The maximum absolute atomic E-state index is 10.6. The van der Waals surface area contributed by atoms with E-state index in [-0.39, 0.29) is 12.1 Å². The molecule has 3 aliphatic rings. The van der Waals surface area contributed by atoms with Crippen molar-refractivity contribution >= 4 is 11.9 Å². The third-order valence-corrected chi connectivity index (χ3v) is 6.95. The number of hydrogen-bond donors (Lipinski definition) is 2. The Hall–Kier alpha value is -1.77. The molecule has 2 N–H and O–H groups in total. The first-order valence-electron chi connectivity index (χ1n) is 10.9. The number of carboxylic acids is 1. The topological polar surface area (TPSA) is 90.8 Å². The highest BCUT2D eigenvalue weighted by molar-refractivity contribution is 5.71. The monoisotopic (exact) mass is 403 g/mol. The molecule has 160 valence electrons. The number of piperidine rings is 1. The molecule has 4 rings (SSSR count). The Morgan fingerprint density at radius 2 is 2.03 bits per heavy atom. The predicted octanol–water partition coefficient (Wildman–Crippen LogP) is 1.97. The molecular weight excluding hydrogens is 370 g/mol. The predicted molar refractivity (Wildman–Crippen MR) is 110 cm³/mol. The van der Waals surface area contributed by atoms with Gasteiger partial charge in [-0.25, -0.2) is 9.97 Å². The second-order valence-corrected chi connectivity index (χ2v) is 8.89. The van der Waals surface area contributed by atoms with Crippen molar-refractivity contribution in [1.29, 1.82) is 0 Å². The Balaban J connectivity index is 1.38. The quantitative estimate of drug-likeness (QED) is 0.714. The second kappa shape index (κ2) is 8.53. The molecule has 2 bridgehead atoms. The minimum atomic E-state index is -0.923. The van der Waals surface area contributed by atoms with E-state index < -0.39 is 5.97 Å². The van der Waals surface area contributed by atoms with Gasteiger partial charge in [0.25, 0.3) is 0 Å². The van der Waals surface area contributed by atoms with E-state index in [1.165, 1.54) is 19.3 Å². The molecule has 0 radical (unpaired) electrons. The van der Waals surface area contributed by atoms with Crippen LogP contribution in [0.2, 0.25) is 0 Å². The summed E-state index contributed by atoms with van der Waals surface area (Å²) in [5.41, 5.74) is 1.09. The van der Waals surface area contributed by atoms with E-state index in [0.29, 0.717) is 24.1 Å². The molecule has 1 aromatic rings. The lowest BCUT2D eigenvalue weighted by molar-refractivity contribution is -0.156. The standard InChI is InChI=1S/C21H33N5O3/c1-3-15(2)25-6-7-29-21(14-25)8-17-4-5-18(9-21)26(17)13-16-10-22-20(23-11-16)24-12-19(27)28/h10-11,15,17-18H,3-9,12-14H2,1-2H3,(H,27,28)(H,22,23,24)/t15?,17-,18+,21?. The number of anilines is 1. The van der Waals surface area contributed by atoms with Crippen LogP contribution in [-0.4, -0.2) is 80.8 Å². The zero-order chi connectivity index (χ0) is 20.4. The van der Waals surface area contributed by atoms with E-state index in [1.807, 2.05) is 12.4 Å². The summed E-state index contributed by atoms with van der Waals surface area (Å²) in [4.78, 5) is 24.4. The van der Waals surface area contributed by atoms with Gasteiger partial charge in [-0.1, -0.05) is 6.92 Å². The zero-order valence-corrected chi connectivity index (χ0v) is 17.5. The van der Waals surface area contributed by atoms with Crippen LogP contribution in [0.4, 0.5) is 5.95 Å². The lowest BCUT2D eigenvalue weighted by atomic mass is 9.83. The molecule has 4 heterocycles. The van der Waals surface area contributed by atoms with Crippen LogP contribution in [0.3, 0.4) is 0 Å². The molecular formula is C21H33N5O3. The Labute approximate surface area is 172 Å². The number of fused-ring (bicyclic) bond motifs is 2. The van der Waals surface area contributed by atoms with Gasteiger partial charge in [0, 0.05) is 55.7 Å². The van der Waals surface area contributed by atoms with Crippen molar-refractivity contribution < 1.29 is 14.6 Å². The van der Waals surface area contributed by atoms with Crippen molar-refractivity contribution in [3.63, 3.8) is 0 Å². The number of nitrogens with zero attached hydrogens (tertiary/aromatic N) is 4. The van der Waals surface area contributed by atoms with Gasteiger partial charge in [-0.15, -0.1) is 0 Å². The van der Waals surface area contributed by atoms with Crippen molar-refractivity contribution in [1.82, 2.24) is 19.8 Å². The van der Waals surface area contributed by atoms with E-state index in [1.54, 1.807) is 0 Å². The number of aliphatic carboxylic acids is 1. The van der Waals surface area contributed by atoms with E-state index >= 15 is 0 Å². The summed E-state index contributed by atoms with van der Waals surface area (Å²) in [6, 6.07) is 1.72. The Morgan fingerprint density at radius 1 is 1.34 bits per heavy atom. The number of aromatic nitrogens is 2. The lowest BCUT2D eigenvalue weighted by Crippen LogP contribution is -2.60. The van der Waals surface area contributed by atoms with Crippen LogP contribution in [0.5, 0.6) is 0 Å². The maximum atomic E-state index is 10.6. The number of rotatable bonds is 7. The van der Waals surface area contributed by atoms with Gasteiger partial charge in [0.1, 0.15) is 6.54 Å². The number of ether oxygens (including phenoxy) is 1. The second-order valence-electron chi connectivity index (χ2n) is 8.89. The third kappa shape index (κ3) is 4.54. The number of morpholine rings is 1. The summed E-state index contributed by atoms with van der Waals surface area (Å²) in [7, 11) is 0. The fraction of sp³-hybridized carbons (Fsp3) is 0.762. The SMILES string of the molecule is CCC(C)N1CCOC2(C[C@H]3CC[C@@H](C2)N3Cc2cnc(NCC(=O)O)nc2)C1. The van der Waals surface area contributed by atoms with Gasteiger partial charge in [0.2, 0.25) is 5.95 Å². The molecule has 4 atom stereocenters. The summed E-state index contributed by atoms with van der Waals surface area (Å²) in [5.74, 6) is -0.564. The number of hydrogen-bond acceptors (Lipinski definition) is 7. The molecule has 3 aliphatic heterocycles. The molecule has 0 saturated carbocycles. The van der Waals surface area contributed by atoms with E-state index in [9.17, 15) is 4.79 Å². The fourth-order valence-electron chi connectivity index (χ4n) is 5.30. The largest absolute Gasteiger partial charge is 0.480 e. The van der Waals surface area contributed by atoms with Gasteiger partial charge in [-0.2, -0.15) is 0 Å². The molecule has 0 aromatic carbocycles. The highest BCUT2D eigenvalue weighted by Crippen LogP contribution is 2.44. The maximum Gasteiger partial charge on any atom is 0.322 e. The van der Waals surface area contributed by atoms with Gasteiger partial charge < -0.3 is 15.2 Å². The van der Waals surface area contributed by atoms with Gasteiger partial charge in [0.05, 0.1) is 12.2 Å². The molecule has 1 aromatic heterocycles. The minimum absolute atomic E-state index is 0.0190. The molecule has 8 nitrogen and oxygen atoms in total. The summed E-state index contributed by atoms with van der Waals surface area (Å²) in [6.45, 7) is 8.24. The number of carbonyl (C=O) groups is 1. The minimum Gasteiger partial charge on any atom is -0.480 e. The van der Waals surface area contributed by atoms with E-state index in [0.717, 1.165) is 44.6 Å².